The van der Waals surface area contributed by atoms with Crippen LogP contribution in [0.3, 0.4) is 0 Å². The molecule has 0 bridgehead atoms. The Morgan fingerprint density at radius 3 is 1.33 bits per heavy atom. The number of nitrogens with zero attached hydrogens (tertiary/aromatic N) is 2. The molecule has 0 saturated carbocycles. The maximum absolute atomic E-state index is 2.28. The van der Waals surface area contributed by atoms with Crippen LogP contribution in [0.1, 0.15) is 0 Å². The topological polar surface area (TPSA) is 6.48 Å². The zero-order valence-corrected chi connectivity index (χ0v) is 12.0. The van der Waals surface area contributed by atoms with Gasteiger partial charge in [-0.1, -0.05) is 0 Å². The van der Waals surface area contributed by atoms with Gasteiger partial charge < -0.3 is 0 Å². The van der Waals surface area contributed by atoms with E-state index < -0.39 is 0 Å². The predicted molar refractivity (Wildman–Crippen MR) is 58.2 cm³/mol. The van der Waals surface area contributed by atoms with E-state index in [9.17, 15) is 0 Å². The van der Waals surface area contributed by atoms with Crippen LogP contribution < -0.4 is 0 Å². The SMILES string of the molecule is CN(C)CC[Se][Se]CCN(C)C. The molecule has 12 heavy (non-hydrogen) atoms. The predicted octanol–water partition coefficient (Wildman–Crippen LogP) is 0.270. The Kier molecular flexibility index (Phi) is 9.24. The van der Waals surface area contributed by atoms with Crippen LogP contribution in [0.25, 0.3) is 0 Å². The van der Waals surface area contributed by atoms with E-state index in [1.165, 1.54) is 23.7 Å². The monoisotopic (exact) mass is 304 g/mol. The summed E-state index contributed by atoms with van der Waals surface area (Å²) in [5, 5.41) is 2.88. The van der Waals surface area contributed by atoms with Crippen molar-refractivity contribution in [2.45, 2.75) is 10.6 Å². The molecule has 0 N–H and O–H groups in total. The molecular weight excluding hydrogens is 282 g/mol. The Morgan fingerprint density at radius 1 is 0.750 bits per heavy atom. The molecular formula is C8H20N2Se2. The van der Waals surface area contributed by atoms with Gasteiger partial charge in [0.2, 0.25) is 0 Å². The van der Waals surface area contributed by atoms with Crippen LogP contribution in [0.15, 0.2) is 0 Å². The summed E-state index contributed by atoms with van der Waals surface area (Å²) in [6.45, 7) is 2.56. The third-order valence-electron chi connectivity index (χ3n) is 1.33. The average Bonchev–Trinajstić information content (AvgIpc) is 1.95. The summed E-state index contributed by atoms with van der Waals surface area (Å²) >= 11 is 1.88. The third-order valence-corrected chi connectivity index (χ3v) is 8.59. The molecule has 0 spiro atoms. The van der Waals surface area contributed by atoms with E-state index in [0.29, 0.717) is 0 Å². The van der Waals surface area contributed by atoms with E-state index in [0.717, 1.165) is 26.3 Å². The first kappa shape index (κ1) is 13.0. The van der Waals surface area contributed by atoms with Crippen LogP contribution in [0.2, 0.25) is 10.6 Å². The van der Waals surface area contributed by atoms with Crippen molar-refractivity contribution < 1.29 is 0 Å². The molecule has 0 aromatic carbocycles. The zero-order chi connectivity index (χ0) is 9.40. The molecule has 0 heterocycles. The van der Waals surface area contributed by atoms with E-state index >= 15 is 0 Å². The van der Waals surface area contributed by atoms with Crippen molar-refractivity contribution in [3.05, 3.63) is 0 Å². The molecule has 0 atom stereocenters. The van der Waals surface area contributed by atoms with E-state index in [4.69, 9.17) is 0 Å². The van der Waals surface area contributed by atoms with Gasteiger partial charge in [0.15, 0.2) is 0 Å². The Labute approximate surface area is 87.9 Å². The van der Waals surface area contributed by atoms with Crippen LogP contribution in [-0.2, 0) is 0 Å². The summed E-state index contributed by atoms with van der Waals surface area (Å²) in [5.41, 5.74) is 0. The van der Waals surface area contributed by atoms with Gasteiger partial charge in [-0.25, -0.2) is 0 Å². The number of hydrogen-bond acceptors (Lipinski definition) is 2. The summed E-state index contributed by atoms with van der Waals surface area (Å²) < 4.78 is 0. The molecule has 0 radical (unpaired) electrons. The van der Waals surface area contributed by atoms with Crippen molar-refractivity contribution in [2.75, 3.05) is 41.3 Å². The Bertz CT molecular complexity index is 85.1. The van der Waals surface area contributed by atoms with Crippen LogP contribution >= 0.6 is 0 Å². The van der Waals surface area contributed by atoms with Gasteiger partial charge in [-0.15, -0.1) is 0 Å². The molecule has 0 aliphatic heterocycles. The fourth-order valence-electron chi connectivity index (χ4n) is 0.558. The van der Waals surface area contributed by atoms with Crippen molar-refractivity contribution in [3.63, 3.8) is 0 Å². The van der Waals surface area contributed by atoms with Gasteiger partial charge in [-0.3, -0.25) is 0 Å². The third kappa shape index (κ3) is 11.0. The minimum absolute atomic E-state index is 0.938. The van der Waals surface area contributed by atoms with E-state index in [1.807, 2.05) is 0 Å². The van der Waals surface area contributed by atoms with Crippen molar-refractivity contribution >= 4 is 26.3 Å². The second-order valence-corrected chi connectivity index (χ2v) is 11.1. The summed E-state index contributed by atoms with van der Waals surface area (Å²) in [6.07, 6.45) is 0. The first-order valence-corrected chi connectivity index (χ1v) is 10.9. The van der Waals surface area contributed by atoms with Gasteiger partial charge in [0.25, 0.3) is 0 Å². The van der Waals surface area contributed by atoms with E-state index in [1.54, 1.807) is 0 Å². The van der Waals surface area contributed by atoms with Gasteiger partial charge >= 0.3 is 88.0 Å². The molecule has 0 saturated heterocycles. The number of rotatable bonds is 7. The fraction of sp³-hybridized carbons (Fsp3) is 1.00. The van der Waals surface area contributed by atoms with E-state index in [-0.39, 0.29) is 0 Å². The minimum atomic E-state index is 0.938. The Hall–Kier alpha value is 0.959. The summed E-state index contributed by atoms with van der Waals surface area (Å²) in [6, 6.07) is 0. The molecule has 0 unspecified atom stereocenters. The number of hydrogen-bond donors (Lipinski definition) is 0. The quantitative estimate of drug-likeness (QED) is 0.492. The van der Waals surface area contributed by atoms with Gasteiger partial charge in [0.05, 0.1) is 0 Å². The summed E-state index contributed by atoms with van der Waals surface area (Å²) in [5.74, 6) is 0. The first-order valence-electron chi connectivity index (χ1n) is 4.17. The van der Waals surface area contributed by atoms with Crippen LogP contribution in [-0.4, -0.2) is 77.3 Å². The molecule has 0 aliphatic rings. The molecule has 4 heteroatoms. The summed E-state index contributed by atoms with van der Waals surface area (Å²) in [7, 11) is 8.62. The standard InChI is InChI=1S/C8H20N2Se2/c1-9(2)5-7-11-12-8-6-10(3)4/h5-8H2,1-4H3. The normalized spacial score (nSPS) is 11.5. The maximum atomic E-state index is 2.28. The molecule has 74 valence electrons. The molecule has 0 aromatic rings. The van der Waals surface area contributed by atoms with E-state index in [2.05, 4.69) is 38.0 Å². The molecule has 0 aliphatic carbocycles. The van der Waals surface area contributed by atoms with Gasteiger partial charge in [0, 0.05) is 0 Å². The molecule has 0 fully saturated rings. The first-order chi connectivity index (χ1) is 5.63. The van der Waals surface area contributed by atoms with Gasteiger partial charge in [0.1, 0.15) is 0 Å². The molecule has 2 nitrogen and oxygen atoms in total. The molecule has 0 rings (SSSR count). The molecule has 0 amide bonds. The van der Waals surface area contributed by atoms with Crippen LogP contribution in [0, 0.1) is 0 Å². The van der Waals surface area contributed by atoms with Gasteiger partial charge in [-0.05, 0) is 0 Å². The Balaban J connectivity index is 2.91. The fourth-order valence-corrected chi connectivity index (χ4v) is 7.09. The zero-order valence-electron chi connectivity index (χ0n) is 8.54. The van der Waals surface area contributed by atoms with Crippen molar-refractivity contribution in [1.82, 2.24) is 9.80 Å². The van der Waals surface area contributed by atoms with Crippen LogP contribution in [0.5, 0.6) is 0 Å². The van der Waals surface area contributed by atoms with Crippen molar-refractivity contribution in [3.8, 4) is 0 Å². The van der Waals surface area contributed by atoms with Crippen molar-refractivity contribution in [2.24, 2.45) is 0 Å². The molecule has 0 aromatic heterocycles. The summed E-state index contributed by atoms with van der Waals surface area (Å²) in [4.78, 5) is 4.56. The second-order valence-electron chi connectivity index (χ2n) is 3.25. The Morgan fingerprint density at radius 2 is 1.08 bits per heavy atom. The van der Waals surface area contributed by atoms with Gasteiger partial charge in [-0.2, -0.15) is 0 Å². The average molecular weight is 302 g/mol. The van der Waals surface area contributed by atoms with Crippen LogP contribution in [0.4, 0.5) is 0 Å². The second kappa shape index (κ2) is 8.55. The van der Waals surface area contributed by atoms with Crippen molar-refractivity contribution in [1.29, 1.82) is 0 Å².